The summed E-state index contributed by atoms with van der Waals surface area (Å²) < 4.78 is 0. The maximum atomic E-state index is 12.5. The van der Waals surface area contributed by atoms with E-state index in [1.165, 1.54) is 22.2 Å². The van der Waals surface area contributed by atoms with Gasteiger partial charge in [-0.3, -0.25) is 4.79 Å². The molecule has 3 aromatic heterocycles. The second kappa shape index (κ2) is 6.05. The highest BCUT2D eigenvalue weighted by Crippen LogP contribution is 2.35. The van der Waals surface area contributed by atoms with Crippen molar-refractivity contribution in [3.05, 3.63) is 45.1 Å². The number of nitrogens with zero attached hydrogens (tertiary/aromatic N) is 3. The van der Waals surface area contributed by atoms with Gasteiger partial charge in [-0.2, -0.15) is 0 Å². The van der Waals surface area contributed by atoms with Crippen molar-refractivity contribution in [2.45, 2.75) is 37.1 Å². The third-order valence-electron chi connectivity index (χ3n) is 4.09. The molecule has 5 nitrogen and oxygen atoms in total. The van der Waals surface area contributed by atoms with Crippen molar-refractivity contribution in [3.8, 4) is 0 Å². The number of hydrogen-bond donors (Lipinski definition) is 1. The van der Waals surface area contributed by atoms with Crippen molar-refractivity contribution in [1.82, 2.24) is 19.9 Å². The smallest absolute Gasteiger partial charge is 0.259 e. The Labute approximate surface area is 141 Å². The minimum absolute atomic E-state index is 0.00775. The molecule has 0 aromatic carbocycles. The van der Waals surface area contributed by atoms with Crippen molar-refractivity contribution in [2.75, 3.05) is 0 Å². The Morgan fingerprint density at radius 3 is 3.04 bits per heavy atom. The molecule has 0 saturated carbocycles. The van der Waals surface area contributed by atoms with Crippen LogP contribution in [0.5, 0.6) is 0 Å². The fraction of sp³-hybridized carbons (Fsp3) is 0.375. The molecular formula is C16H16N4OS2. The lowest BCUT2D eigenvalue weighted by Gasteiger charge is -2.17. The van der Waals surface area contributed by atoms with Gasteiger partial charge >= 0.3 is 0 Å². The first-order valence-corrected chi connectivity index (χ1v) is 9.44. The van der Waals surface area contributed by atoms with E-state index in [0.717, 1.165) is 29.5 Å². The van der Waals surface area contributed by atoms with Crippen molar-refractivity contribution >= 4 is 33.3 Å². The summed E-state index contributed by atoms with van der Waals surface area (Å²) >= 11 is 3.16. The van der Waals surface area contributed by atoms with Gasteiger partial charge in [-0.15, -0.1) is 11.3 Å². The summed E-state index contributed by atoms with van der Waals surface area (Å²) in [5.74, 6) is 1.94. The van der Waals surface area contributed by atoms with Crippen LogP contribution in [0.2, 0.25) is 0 Å². The minimum atomic E-state index is -0.00775. The summed E-state index contributed by atoms with van der Waals surface area (Å²) in [6.07, 6.45) is 6.64. The molecule has 3 aromatic rings. The van der Waals surface area contributed by atoms with Gasteiger partial charge in [0.1, 0.15) is 10.7 Å². The highest BCUT2D eigenvalue weighted by molar-refractivity contribution is 7.98. The fourth-order valence-corrected chi connectivity index (χ4v) is 5.03. The number of aromatic amines is 1. The summed E-state index contributed by atoms with van der Waals surface area (Å²) in [4.78, 5) is 30.7. The van der Waals surface area contributed by atoms with Gasteiger partial charge in [0.05, 0.1) is 11.1 Å². The van der Waals surface area contributed by atoms with Crippen molar-refractivity contribution in [3.63, 3.8) is 0 Å². The highest BCUT2D eigenvalue weighted by Gasteiger charge is 2.22. The van der Waals surface area contributed by atoms with Crippen LogP contribution in [0.3, 0.4) is 0 Å². The molecule has 0 fully saturated rings. The molecule has 0 saturated heterocycles. The lowest BCUT2D eigenvalue weighted by molar-refractivity contribution is 0.509. The Morgan fingerprint density at radius 1 is 1.39 bits per heavy atom. The highest BCUT2D eigenvalue weighted by atomic mass is 32.2. The van der Waals surface area contributed by atoms with E-state index >= 15 is 0 Å². The fourth-order valence-electron chi connectivity index (χ4n) is 2.95. The van der Waals surface area contributed by atoms with Crippen LogP contribution in [0.1, 0.15) is 29.6 Å². The Balaban J connectivity index is 1.66. The van der Waals surface area contributed by atoms with E-state index < -0.39 is 0 Å². The SMILES string of the molecule is C[C@H]1CCc2c(sc3nc(CSc4ncccn4)[nH]c(=O)c23)C1. The summed E-state index contributed by atoms with van der Waals surface area (Å²) in [7, 11) is 0. The maximum absolute atomic E-state index is 12.5. The molecule has 0 unspecified atom stereocenters. The second-order valence-corrected chi connectivity index (χ2v) is 7.89. The Bertz CT molecular complexity index is 904. The molecule has 3 heterocycles. The summed E-state index contributed by atoms with van der Waals surface area (Å²) in [6, 6.07) is 1.79. The Morgan fingerprint density at radius 2 is 2.22 bits per heavy atom. The first kappa shape index (κ1) is 14.8. The zero-order valence-corrected chi connectivity index (χ0v) is 14.3. The van der Waals surface area contributed by atoms with Crippen molar-refractivity contribution in [2.24, 2.45) is 5.92 Å². The summed E-state index contributed by atoms with van der Waals surface area (Å²) in [6.45, 7) is 2.27. The largest absolute Gasteiger partial charge is 0.309 e. The van der Waals surface area contributed by atoms with E-state index in [2.05, 4.69) is 26.9 Å². The number of fused-ring (bicyclic) bond motifs is 3. The molecule has 0 aliphatic heterocycles. The molecule has 1 aliphatic rings. The van der Waals surface area contributed by atoms with Gasteiger partial charge in [0.15, 0.2) is 5.16 Å². The topological polar surface area (TPSA) is 71.5 Å². The molecular weight excluding hydrogens is 328 g/mol. The molecule has 0 bridgehead atoms. The van der Waals surface area contributed by atoms with Gasteiger partial charge in [-0.25, -0.2) is 15.0 Å². The number of thioether (sulfide) groups is 1. The quantitative estimate of drug-likeness (QED) is 0.583. The van der Waals surface area contributed by atoms with Crippen LogP contribution >= 0.6 is 23.1 Å². The molecule has 1 N–H and O–H groups in total. The van der Waals surface area contributed by atoms with Crippen LogP contribution < -0.4 is 5.56 Å². The molecule has 4 rings (SSSR count). The third kappa shape index (κ3) is 2.90. The summed E-state index contributed by atoms with van der Waals surface area (Å²) in [5, 5.41) is 1.50. The molecule has 118 valence electrons. The Hall–Kier alpha value is -1.73. The minimum Gasteiger partial charge on any atom is -0.309 e. The maximum Gasteiger partial charge on any atom is 0.259 e. The number of thiophene rings is 1. The van der Waals surface area contributed by atoms with Gasteiger partial charge < -0.3 is 4.98 Å². The lowest BCUT2D eigenvalue weighted by Crippen LogP contribution is -2.14. The number of nitrogens with one attached hydrogen (secondary N) is 1. The number of rotatable bonds is 3. The number of H-pyrrole nitrogens is 1. The first-order valence-electron chi connectivity index (χ1n) is 7.64. The van der Waals surface area contributed by atoms with Crippen LogP contribution in [0.15, 0.2) is 28.4 Å². The first-order chi connectivity index (χ1) is 11.2. The summed E-state index contributed by atoms with van der Waals surface area (Å²) in [5.41, 5.74) is 1.22. The predicted molar refractivity (Wildman–Crippen MR) is 93.0 cm³/mol. The molecule has 1 atom stereocenters. The zero-order chi connectivity index (χ0) is 15.8. The zero-order valence-electron chi connectivity index (χ0n) is 12.7. The van der Waals surface area contributed by atoms with E-state index in [0.29, 0.717) is 22.7 Å². The molecule has 23 heavy (non-hydrogen) atoms. The van der Waals surface area contributed by atoms with Crippen LogP contribution in [-0.2, 0) is 18.6 Å². The average molecular weight is 344 g/mol. The molecule has 0 spiro atoms. The molecule has 0 amide bonds. The molecule has 1 aliphatic carbocycles. The number of aryl methyl sites for hydroxylation is 1. The van der Waals surface area contributed by atoms with E-state index in [-0.39, 0.29) is 5.56 Å². The van der Waals surface area contributed by atoms with Crippen LogP contribution in [0, 0.1) is 5.92 Å². The van der Waals surface area contributed by atoms with Gasteiger partial charge in [0.2, 0.25) is 0 Å². The monoisotopic (exact) mass is 344 g/mol. The molecule has 7 heteroatoms. The normalized spacial score (nSPS) is 17.3. The van der Waals surface area contributed by atoms with Crippen LogP contribution in [0.4, 0.5) is 0 Å². The van der Waals surface area contributed by atoms with Crippen molar-refractivity contribution in [1.29, 1.82) is 0 Å². The van der Waals surface area contributed by atoms with E-state index in [1.54, 1.807) is 29.8 Å². The van der Waals surface area contributed by atoms with Crippen molar-refractivity contribution < 1.29 is 0 Å². The number of aromatic nitrogens is 4. The van der Waals surface area contributed by atoms with Crippen LogP contribution in [0.25, 0.3) is 10.2 Å². The third-order valence-corrected chi connectivity index (χ3v) is 6.13. The number of hydrogen-bond acceptors (Lipinski definition) is 6. The lowest BCUT2D eigenvalue weighted by atomic mass is 9.89. The second-order valence-electron chi connectivity index (χ2n) is 5.86. The van der Waals surface area contributed by atoms with Crippen LogP contribution in [-0.4, -0.2) is 19.9 Å². The Kier molecular flexibility index (Phi) is 3.90. The van der Waals surface area contributed by atoms with Gasteiger partial charge in [0.25, 0.3) is 5.56 Å². The molecule has 0 radical (unpaired) electrons. The van der Waals surface area contributed by atoms with E-state index in [4.69, 9.17) is 0 Å². The van der Waals surface area contributed by atoms with Gasteiger partial charge in [-0.05, 0) is 36.8 Å². The van der Waals surface area contributed by atoms with Gasteiger partial charge in [0, 0.05) is 17.3 Å². The van der Waals surface area contributed by atoms with E-state index in [1.807, 2.05) is 0 Å². The van der Waals surface area contributed by atoms with E-state index in [9.17, 15) is 4.79 Å². The standard InChI is InChI=1S/C16H16N4OS2/c1-9-3-4-10-11(7-9)23-15-13(10)14(21)19-12(20-15)8-22-16-17-5-2-6-18-16/h2,5-6,9H,3-4,7-8H2,1H3,(H,19,20,21)/t9-/m0/s1. The average Bonchev–Trinajstić information content (AvgIpc) is 2.91. The predicted octanol–water partition coefficient (Wildman–Crippen LogP) is 3.19. The van der Waals surface area contributed by atoms with Gasteiger partial charge in [-0.1, -0.05) is 18.7 Å².